The third-order valence-electron chi connectivity index (χ3n) is 10.6. The summed E-state index contributed by atoms with van der Waals surface area (Å²) < 4.78 is 16.6. The normalized spacial score (nSPS) is 25.8. The van der Waals surface area contributed by atoms with Gasteiger partial charge in [-0.15, -0.1) is 0 Å². The molecule has 2 rings (SSSR count). The molecule has 0 spiro atoms. The van der Waals surface area contributed by atoms with E-state index in [-0.39, 0.29) is 18.9 Å². The smallest absolute Gasteiger partial charge is 0.220 e. The lowest BCUT2D eigenvalue weighted by molar-refractivity contribution is -0.303. The summed E-state index contributed by atoms with van der Waals surface area (Å²) in [6.07, 6.45) is 16.6. The van der Waals surface area contributed by atoms with Crippen LogP contribution < -0.4 is 5.32 Å². The zero-order valence-electron chi connectivity index (χ0n) is 31.3. The molecule has 0 aliphatic carbocycles. The summed E-state index contributed by atoms with van der Waals surface area (Å²) in [5, 5.41) is 64.9. The monoisotopic (exact) mass is 718 g/mol. The van der Waals surface area contributed by atoms with Crippen LogP contribution >= 0.6 is 0 Å². The van der Waals surface area contributed by atoms with Crippen LogP contribution in [0, 0.1) is 5.92 Å². The van der Waals surface area contributed by atoms with E-state index in [2.05, 4.69) is 12.2 Å². The number of amides is 1. The fourth-order valence-electron chi connectivity index (χ4n) is 7.13. The van der Waals surface area contributed by atoms with Crippen LogP contribution in [0.15, 0.2) is 0 Å². The van der Waals surface area contributed by atoms with E-state index in [9.17, 15) is 35.4 Å². The maximum absolute atomic E-state index is 12.9. The van der Waals surface area contributed by atoms with Crippen LogP contribution in [0.4, 0.5) is 0 Å². The second kappa shape index (κ2) is 28.6. The standard InChI is InChI=1S/C39H75NO10/c1-2-3-4-5-6-7-8-9-10-14-17-20-23-32(42)35(44)31(29-49-39-38(47)37(46)36(45)33(27-41)50-39)40-34(43)24-21-18-15-12-11-13-16-19-22-30-25-26-48-28-30/h30-33,35-39,41-42,44-47H,2-29H2,1H3,(H,40,43)/t30?,31-,32+,33?,35-,36?,37?,38?,39?/m0/s1. The third-order valence-corrected chi connectivity index (χ3v) is 10.6. The zero-order valence-corrected chi connectivity index (χ0v) is 31.3. The number of carbonyl (C=O) groups is 1. The topological polar surface area (TPSA) is 178 Å². The van der Waals surface area contributed by atoms with Crippen LogP contribution in [0.25, 0.3) is 0 Å². The van der Waals surface area contributed by atoms with Gasteiger partial charge in [-0.3, -0.25) is 4.79 Å². The Hall–Kier alpha value is -0.890. The molecule has 2 saturated heterocycles. The molecule has 2 heterocycles. The first kappa shape index (κ1) is 45.3. The summed E-state index contributed by atoms with van der Waals surface area (Å²) in [6.45, 7) is 3.18. The number of carbonyl (C=O) groups excluding carboxylic acids is 1. The van der Waals surface area contributed by atoms with E-state index in [1.54, 1.807) is 0 Å². The second-order valence-electron chi connectivity index (χ2n) is 15.0. The number of hydrogen-bond acceptors (Lipinski definition) is 10. The van der Waals surface area contributed by atoms with Gasteiger partial charge in [0.25, 0.3) is 0 Å². The SMILES string of the molecule is CCCCCCCCCCCCCC[C@@H](O)[C@@H](O)[C@H](COC1OC(CO)C(O)C(O)C1O)NC(=O)CCCCCCCCCCC1CCOC1. The van der Waals surface area contributed by atoms with Gasteiger partial charge in [-0.25, -0.2) is 0 Å². The van der Waals surface area contributed by atoms with Gasteiger partial charge >= 0.3 is 0 Å². The van der Waals surface area contributed by atoms with E-state index >= 15 is 0 Å². The van der Waals surface area contributed by atoms with E-state index in [1.807, 2.05) is 0 Å². The number of unbranched alkanes of at least 4 members (excludes halogenated alkanes) is 18. The summed E-state index contributed by atoms with van der Waals surface area (Å²) >= 11 is 0. The maximum Gasteiger partial charge on any atom is 0.220 e. The highest BCUT2D eigenvalue weighted by atomic mass is 16.7. The van der Waals surface area contributed by atoms with Crippen LogP contribution in [0.5, 0.6) is 0 Å². The van der Waals surface area contributed by atoms with Crippen molar-refractivity contribution in [2.75, 3.05) is 26.4 Å². The lowest BCUT2D eigenvalue weighted by Gasteiger charge is -2.40. The lowest BCUT2D eigenvalue weighted by Crippen LogP contribution is -2.60. The van der Waals surface area contributed by atoms with Crippen molar-refractivity contribution in [1.29, 1.82) is 0 Å². The number of aliphatic hydroxyl groups is 6. The number of rotatable bonds is 31. The Balaban J connectivity index is 1.71. The van der Waals surface area contributed by atoms with Gasteiger partial charge in [0.15, 0.2) is 6.29 Å². The molecule has 11 nitrogen and oxygen atoms in total. The molecule has 2 aliphatic rings. The Bertz CT molecular complexity index is 814. The highest BCUT2D eigenvalue weighted by Crippen LogP contribution is 2.23. The molecule has 2 fully saturated rings. The van der Waals surface area contributed by atoms with Gasteiger partial charge in [0.1, 0.15) is 30.5 Å². The minimum absolute atomic E-state index is 0.264. The molecule has 0 saturated carbocycles. The summed E-state index contributed by atoms with van der Waals surface area (Å²) in [5.41, 5.74) is 0. The van der Waals surface area contributed by atoms with E-state index in [0.29, 0.717) is 12.8 Å². The van der Waals surface area contributed by atoms with Gasteiger partial charge in [0.05, 0.1) is 25.4 Å². The first-order valence-corrected chi connectivity index (χ1v) is 20.4. The fourth-order valence-corrected chi connectivity index (χ4v) is 7.13. The fraction of sp³-hybridized carbons (Fsp3) is 0.974. The minimum Gasteiger partial charge on any atom is -0.394 e. The molecule has 0 radical (unpaired) electrons. The number of aliphatic hydroxyl groups excluding tert-OH is 6. The van der Waals surface area contributed by atoms with E-state index < -0.39 is 55.6 Å². The molecule has 2 aliphatic heterocycles. The number of ether oxygens (including phenoxy) is 3. The molecule has 11 heteroatoms. The molecular formula is C39H75NO10. The minimum atomic E-state index is -1.60. The van der Waals surface area contributed by atoms with Gasteiger partial charge in [0, 0.05) is 19.6 Å². The Morgan fingerprint density at radius 2 is 1.32 bits per heavy atom. The molecule has 296 valence electrons. The third kappa shape index (κ3) is 19.3. The summed E-state index contributed by atoms with van der Waals surface area (Å²) in [5.74, 6) is 0.489. The molecule has 0 aromatic carbocycles. The van der Waals surface area contributed by atoms with Crippen LogP contribution in [-0.2, 0) is 19.0 Å². The Labute approximate surface area is 302 Å². The highest BCUT2D eigenvalue weighted by molar-refractivity contribution is 5.76. The first-order valence-electron chi connectivity index (χ1n) is 20.4. The zero-order chi connectivity index (χ0) is 36.4. The Morgan fingerprint density at radius 1 is 0.760 bits per heavy atom. The van der Waals surface area contributed by atoms with Crippen LogP contribution in [0.1, 0.15) is 161 Å². The summed E-state index contributed by atoms with van der Waals surface area (Å²) in [7, 11) is 0. The van der Waals surface area contributed by atoms with E-state index in [0.717, 1.165) is 64.1 Å². The van der Waals surface area contributed by atoms with Crippen LogP contribution in [0.3, 0.4) is 0 Å². The molecule has 9 atom stereocenters. The van der Waals surface area contributed by atoms with Gasteiger partial charge < -0.3 is 50.2 Å². The maximum atomic E-state index is 12.9. The Morgan fingerprint density at radius 3 is 1.88 bits per heavy atom. The van der Waals surface area contributed by atoms with Crippen molar-refractivity contribution in [3.63, 3.8) is 0 Å². The van der Waals surface area contributed by atoms with Crippen molar-refractivity contribution in [3.05, 3.63) is 0 Å². The largest absolute Gasteiger partial charge is 0.394 e. The average Bonchev–Trinajstić information content (AvgIpc) is 3.64. The predicted octanol–water partition coefficient (Wildman–Crippen LogP) is 5.04. The quantitative estimate of drug-likeness (QED) is 0.0481. The van der Waals surface area contributed by atoms with Crippen molar-refractivity contribution >= 4 is 5.91 Å². The van der Waals surface area contributed by atoms with Crippen LogP contribution in [0.2, 0.25) is 0 Å². The number of hydrogen-bond donors (Lipinski definition) is 7. The van der Waals surface area contributed by atoms with Crippen molar-refractivity contribution < 1.29 is 49.6 Å². The van der Waals surface area contributed by atoms with Crippen LogP contribution in [-0.4, -0.2) is 112 Å². The summed E-state index contributed by atoms with van der Waals surface area (Å²) in [4.78, 5) is 12.9. The van der Waals surface area contributed by atoms with E-state index in [1.165, 1.54) is 89.9 Å². The molecule has 0 aromatic heterocycles. The van der Waals surface area contributed by atoms with Gasteiger partial charge in [-0.2, -0.15) is 0 Å². The molecule has 6 unspecified atom stereocenters. The first-order chi connectivity index (χ1) is 24.3. The average molecular weight is 718 g/mol. The molecule has 7 N–H and O–H groups in total. The van der Waals surface area contributed by atoms with Crippen molar-refractivity contribution in [2.45, 2.75) is 210 Å². The molecule has 0 aromatic rings. The molecular weight excluding hydrogens is 642 g/mol. The summed E-state index contributed by atoms with van der Waals surface area (Å²) in [6, 6.07) is -0.988. The van der Waals surface area contributed by atoms with Crippen molar-refractivity contribution in [2.24, 2.45) is 5.92 Å². The molecule has 50 heavy (non-hydrogen) atoms. The van der Waals surface area contributed by atoms with Gasteiger partial charge in [-0.05, 0) is 31.6 Å². The lowest BCUT2D eigenvalue weighted by atomic mass is 9.98. The van der Waals surface area contributed by atoms with E-state index in [4.69, 9.17) is 14.2 Å². The highest BCUT2D eigenvalue weighted by Gasteiger charge is 2.44. The molecule has 0 bridgehead atoms. The van der Waals surface area contributed by atoms with Gasteiger partial charge in [0.2, 0.25) is 5.91 Å². The Kier molecular flexibility index (Phi) is 25.9. The second-order valence-corrected chi connectivity index (χ2v) is 15.0. The van der Waals surface area contributed by atoms with Crippen molar-refractivity contribution in [1.82, 2.24) is 5.32 Å². The van der Waals surface area contributed by atoms with Gasteiger partial charge in [-0.1, -0.05) is 129 Å². The molecule has 1 amide bonds. The number of nitrogens with one attached hydrogen (secondary N) is 1. The predicted molar refractivity (Wildman–Crippen MR) is 194 cm³/mol. The van der Waals surface area contributed by atoms with Crippen molar-refractivity contribution in [3.8, 4) is 0 Å².